The fraction of sp³-hybridized carbons (Fsp3) is 0.333. The second-order valence-electron chi connectivity index (χ2n) is 6.13. The summed E-state index contributed by atoms with van der Waals surface area (Å²) in [5, 5.41) is 15.5. The van der Waals surface area contributed by atoms with Crippen LogP contribution in [-0.2, 0) is 10.5 Å². The lowest BCUT2D eigenvalue weighted by Gasteiger charge is -2.50. The highest BCUT2D eigenvalue weighted by Crippen LogP contribution is 2.48. The number of rotatable bonds is 4. The van der Waals surface area contributed by atoms with Crippen molar-refractivity contribution in [3.8, 4) is 0 Å². The number of thiophene rings is 1. The van der Waals surface area contributed by atoms with Gasteiger partial charge in [0.05, 0.1) is 10.9 Å². The number of carbonyl (C=O) groups excluding carboxylic acids is 2. The first kappa shape index (κ1) is 19.4. The van der Waals surface area contributed by atoms with Crippen molar-refractivity contribution in [2.75, 3.05) is 6.54 Å². The van der Waals surface area contributed by atoms with E-state index in [1.165, 1.54) is 25.1 Å². The molecule has 3 unspecified atom stereocenters. The fourth-order valence-corrected chi connectivity index (χ4v) is 4.33. The van der Waals surface area contributed by atoms with Gasteiger partial charge >= 0.3 is 12.2 Å². The number of hydrogen-bond donors (Lipinski definition) is 2. The largest absolute Gasteiger partial charge is 0.450 e. The zero-order valence-corrected chi connectivity index (χ0v) is 15.1. The molecular weight excluding hydrogens is 381 g/mol. The van der Waals surface area contributed by atoms with Crippen LogP contribution in [0.1, 0.15) is 23.4 Å². The van der Waals surface area contributed by atoms with Gasteiger partial charge in [-0.15, -0.1) is 11.3 Å². The van der Waals surface area contributed by atoms with Crippen LogP contribution >= 0.6 is 11.3 Å². The van der Waals surface area contributed by atoms with Gasteiger partial charge in [-0.25, -0.2) is 4.79 Å². The molecule has 0 saturated carbocycles. The number of hydrogen-bond acceptors (Lipinski definition) is 4. The van der Waals surface area contributed by atoms with Crippen LogP contribution in [0.25, 0.3) is 0 Å². The molecule has 1 fully saturated rings. The Morgan fingerprint density at radius 2 is 1.93 bits per heavy atom. The number of Topliss-reactive ketones (excluding diaryl/α,β-unsaturated/α-hetero) is 1. The van der Waals surface area contributed by atoms with E-state index in [1.54, 1.807) is 29.6 Å². The van der Waals surface area contributed by atoms with Crippen molar-refractivity contribution in [1.82, 2.24) is 10.2 Å². The van der Waals surface area contributed by atoms with E-state index in [2.05, 4.69) is 5.32 Å². The molecule has 9 heteroatoms. The summed E-state index contributed by atoms with van der Waals surface area (Å²) in [7, 11) is 0. The number of nitrogens with zero attached hydrogens (tertiary/aromatic N) is 1. The molecule has 0 bridgehead atoms. The maximum atomic E-state index is 13.4. The molecule has 0 spiro atoms. The van der Waals surface area contributed by atoms with Crippen LogP contribution < -0.4 is 5.32 Å². The molecule has 27 heavy (non-hydrogen) atoms. The van der Waals surface area contributed by atoms with Gasteiger partial charge in [0.2, 0.25) is 5.78 Å². The summed E-state index contributed by atoms with van der Waals surface area (Å²) in [5.74, 6) is -4.05. The Kier molecular flexibility index (Phi) is 5.00. The number of alkyl halides is 3. The standard InChI is InChI=1S/C18H17F3N2O3S/c1-2-23-16(25)22-14(11-7-4-3-5-8-11)13(15(24)18(19,20)21)17(23,26)12-9-6-10-27-12/h3-10,13-14,26H,2H2,1H3,(H,22,25). The first-order valence-electron chi connectivity index (χ1n) is 8.21. The highest BCUT2D eigenvalue weighted by molar-refractivity contribution is 7.10. The number of nitrogens with one attached hydrogen (secondary N) is 1. The van der Waals surface area contributed by atoms with E-state index in [4.69, 9.17) is 0 Å². The Labute approximate surface area is 157 Å². The van der Waals surface area contributed by atoms with Crippen molar-refractivity contribution in [2.24, 2.45) is 5.92 Å². The third kappa shape index (κ3) is 3.21. The normalized spacial score (nSPS) is 26.0. The molecule has 2 aromatic rings. The number of carbonyl (C=O) groups is 2. The Hall–Kier alpha value is -2.39. The van der Waals surface area contributed by atoms with Crippen LogP contribution in [0.4, 0.5) is 18.0 Å². The van der Waals surface area contributed by atoms with Gasteiger partial charge in [-0.2, -0.15) is 13.2 Å². The summed E-state index contributed by atoms with van der Waals surface area (Å²) in [6, 6.07) is 8.76. The van der Waals surface area contributed by atoms with Crippen molar-refractivity contribution >= 4 is 23.2 Å². The molecule has 1 aliphatic rings. The number of urea groups is 1. The van der Waals surface area contributed by atoms with E-state index < -0.39 is 35.7 Å². The lowest BCUT2D eigenvalue weighted by Crippen LogP contribution is -2.67. The third-order valence-electron chi connectivity index (χ3n) is 4.62. The second-order valence-corrected chi connectivity index (χ2v) is 7.07. The van der Waals surface area contributed by atoms with Crippen LogP contribution in [0.15, 0.2) is 47.8 Å². The molecule has 2 amide bonds. The Morgan fingerprint density at radius 1 is 1.26 bits per heavy atom. The van der Waals surface area contributed by atoms with Gasteiger partial charge < -0.3 is 10.4 Å². The molecule has 2 N–H and O–H groups in total. The zero-order valence-electron chi connectivity index (χ0n) is 14.2. The van der Waals surface area contributed by atoms with Gasteiger partial charge in [0.25, 0.3) is 0 Å². The van der Waals surface area contributed by atoms with Crippen LogP contribution in [0.5, 0.6) is 0 Å². The van der Waals surface area contributed by atoms with Gasteiger partial charge in [0.15, 0.2) is 5.72 Å². The maximum Gasteiger partial charge on any atom is 0.450 e. The third-order valence-corrected chi connectivity index (χ3v) is 5.61. The molecular formula is C18H17F3N2O3S. The fourth-order valence-electron chi connectivity index (χ4n) is 3.45. The molecule has 5 nitrogen and oxygen atoms in total. The zero-order chi connectivity index (χ0) is 19.8. The van der Waals surface area contributed by atoms with Gasteiger partial charge in [0.1, 0.15) is 5.92 Å². The highest BCUT2D eigenvalue weighted by Gasteiger charge is 2.62. The number of halogens is 3. The molecule has 1 aromatic heterocycles. The van der Waals surface area contributed by atoms with Gasteiger partial charge in [-0.1, -0.05) is 36.4 Å². The molecule has 1 saturated heterocycles. The van der Waals surface area contributed by atoms with E-state index in [0.717, 1.165) is 16.2 Å². The van der Waals surface area contributed by atoms with E-state index in [1.807, 2.05) is 0 Å². The van der Waals surface area contributed by atoms with Crippen LogP contribution in [0.3, 0.4) is 0 Å². The predicted octanol–water partition coefficient (Wildman–Crippen LogP) is 3.43. The van der Waals surface area contributed by atoms with Crippen molar-refractivity contribution in [1.29, 1.82) is 0 Å². The maximum absolute atomic E-state index is 13.4. The van der Waals surface area contributed by atoms with Gasteiger partial charge in [-0.3, -0.25) is 9.69 Å². The molecule has 3 atom stereocenters. The lowest BCUT2D eigenvalue weighted by atomic mass is 9.77. The minimum atomic E-state index is -5.18. The average molecular weight is 398 g/mol. The quantitative estimate of drug-likeness (QED) is 0.829. The summed E-state index contributed by atoms with van der Waals surface area (Å²) in [5.41, 5.74) is -2.11. The van der Waals surface area contributed by atoms with Crippen LogP contribution in [0.2, 0.25) is 0 Å². The van der Waals surface area contributed by atoms with Gasteiger partial charge in [0, 0.05) is 6.54 Å². The first-order valence-corrected chi connectivity index (χ1v) is 9.09. The monoisotopic (exact) mass is 398 g/mol. The molecule has 3 rings (SSSR count). The average Bonchev–Trinajstić information content (AvgIpc) is 3.16. The highest BCUT2D eigenvalue weighted by atomic mass is 32.1. The Bertz CT molecular complexity index is 826. The minimum Gasteiger partial charge on any atom is -0.365 e. The number of benzene rings is 1. The van der Waals surface area contributed by atoms with Crippen molar-refractivity contribution in [2.45, 2.75) is 24.9 Å². The Balaban J connectivity index is 2.24. The van der Waals surface area contributed by atoms with Crippen molar-refractivity contribution in [3.63, 3.8) is 0 Å². The lowest BCUT2D eigenvalue weighted by molar-refractivity contribution is -0.205. The summed E-state index contributed by atoms with van der Waals surface area (Å²) in [4.78, 5) is 26.0. The first-order chi connectivity index (χ1) is 12.7. The van der Waals surface area contributed by atoms with Crippen LogP contribution in [-0.4, -0.2) is 34.5 Å². The molecule has 2 heterocycles. The Morgan fingerprint density at radius 3 is 2.44 bits per heavy atom. The molecule has 144 valence electrons. The number of amides is 2. The second kappa shape index (κ2) is 6.97. The molecule has 0 aliphatic carbocycles. The summed E-state index contributed by atoms with van der Waals surface area (Å²) < 4.78 is 40.3. The smallest absolute Gasteiger partial charge is 0.365 e. The van der Waals surface area contributed by atoms with Crippen LogP contribution in [0, 0.1) is 5.92 Å². The molecule has 1 aromatic carbocycles. The van der Waals surface area contributed by atoms with E-state index in [9.17, 15) is 27.9 Å². The van der Waals surface area contributed by atoms with E-state index in [0.29, 0.717) is 5.56 Å². The van der Waals surface area contributed by atoms with E-state index in [-0.39, 0.29) is 11.4 Å². The summed E-state index contributed by atoms with van der Waals surface area (Å²) in [6.07, 6.45) is -5.18. The van der Waals surface area contributed by atoms with E-state index >= 15 is 0 Å². The molecule has 1 aliphatic heterocycles. The van der Waals surface area contributed by atoms with Crippen molar-refractivity contribution < 1.29 is 27.9 Å². The van der Waals surface area contributed by atoms with Gasteiger partial charge in [-0.05, 0) is 23.9 Å². The summed E-state index contributed by atoms with van der Waals surface area (Å²) in [6.45, 7) is 1.44. The predicted molar refractivity (Wildman–Crippen MR) is 92.9 cm³/mol. The SMILES string of the molecule is CCN1C(=O)NC(c2ccccc2)C(C(=O)C(F)(F)F)C1(O)c1cccs1. The summed E-state index contributed by atoms with van der Waals surface area (Å²) >= 11 is 0.987. The number of aliphatic hydroxyl groups is 1. The topological polar surface area (TPSA) is 69.6 Å². The minimum absolute atomic E-state index is 0.0800. The molecule has 0 radical (unpaired) electrons. The van der Waals surface area contributed by atoms with Crippen molar-refractivity contribution in [3.05, 3.63) is 58.3 Å². The number of ketones is 1.